The normalized spacial score (nSPS) is 10.3. The summed E-state index contributed by atoms with van der Waals surface area (Å²) in [6.45, 7) is 4.06. The molecule has 1 aromatic rings. The molecule has 21 heavy (non-hydrogen) atoms. The van der Waals surface area contributed by atoms with Gasteiger partial charge in [-0.15, -0.1) is 0 Å². The van der Waals surface area contributed by atoms with E-state index in [0.29, 0.717) is 22.3 Å². The number of rotatable bonds is 7. The van der Waals surface area contributed by atoms with Gasteiger partial charge in [-0.2, -0.15) is 0 Å². The molecule has 116 valence electrons. The first kappa shape index (κ1) is 17.8. The lowest BCUT2D eigenvalue weighted by Gasteiger charge is -2.22. The number of nitrogens with one attached hydrogen (secondary N) is 1. The zero-order chi connectivity index (χ0) is 15.8. The van der Waals surface area contributed by atoms with Crippen LogP contribution in [0.15, 0.2) is 18.2 Å². The molecule has 6 heteroatoms. The lowest BCUT2D eigenvalue weighted by molar-refractivity contribution is -0.123. The molecule has 0 bridgehead atoms. The number of unbranched alkanes of at least 4 members (excludes halogenated alkanes) is 2. The summed E-state index contributed by atoms with van der Waals surface area (Å²) < 4.78 is 0. The van der Waals surface area contributed by atoms with E-state index >= 15 is 0 Å². The molecule has 0 saturated heterocycles. The van der Waals surface area contributed by atoms with Gasteiger partial charge in [0.15, 0.2) is 0 Å². The third-order valence-corrected chi connectivity index (χ3v) is 3.52. The van der Waals surface area contributed by atoms with Crippen LogP contribution in [0.25, 0.3) is 0 Å². The van der Waals surface area contributed by atoms with Crippen molar-refractivity contribution in [2.24, 2.45) is 0 Å². The van der Waals surface area contributed by atoms with Crippen LogP contribution in [0.3, 0.4) is 0 Å². The zero-order valence-electron chi connectivity index (χ0n) is 12.3. The number of nitrogens with zero attached hydrogens (tertiary/aromatic N) is 1. The smallest absolute Gasteiger partial charge is 0.240 e. The van der Waals surface area contributed by atoms with Gasteiger partial charge >= 0.3 is 0 Å². The highest BCUT2D eigenvalue weighted by Crippen LogP contribution is 2.28. The standard InChI is InChI=1S/C15H20Cl2N2O2/c1-3-4-5-8-18-15(21)10-19(11(2)20)14-7-6-12(16)9-13(14)17/h6-7,9H,3-5,8,10H2,1-2H3,(H,18,21). The van der Waals surface area contributed by atoms with E-state index in [2.05, 4.69) is 12.2 Å². The molecule has 1 aromatic carbocycles. The van der Waals surface area contributed by atoms with Crippen molar-refractivity contribution >= 4 is 40.7 Å². The summed E-state index contributed by atoms with van der Waals surface area (Å²) in [5, 5.41) is 3.63. The predicted octanol–water partition coefficient (Wildman–Crippen LogP) is 3.65. The molecule has 0 aromatic heterocycles. The van der Waals surface area contributed by atoms with Crippen LogP contribution >= 0.6 is 23.2 Å². The first-order valence-corrected chi connectivity index (χ1v) is 7.71. The minimum absolute atomic E-state index is 0.0528. The highest BCUT2D eigenvalue weighted by atomic mass is 35.5. The van der Waals surface area contributed by atoms with Gasteiger partial charge < -0.3 is 10.2 Å². The van der Waals surface area contributed by atoms with Crippen molar-refractivity contribution < 1.29 is 9.59 Å². The van der Waals surface area contributed by atoms with Crippen LogP contribution in [0.5, 0.6) is 0 Å². The van der Waals surface area contributed by atoms with Crippen molar-refractivity contribution in [3.05, 3.63) is 28.2 Å². The summed E-state index contributed by atoms with van der Waals surface area (Å²) in [4.78, 5) is 25.0. The number of hydrogen-bond donors (Lipinski definition) is 1. The van der Waals surface area contributed by atoms with Gasteiger partial charge in [-0.3, -0.25) is 9.59 Å². The number of anilines is 1. The van der Waals surface area contributed by atoms with Crippen LogP contribution in [-0.4, -0.2) is 24.9 Å². The molecule has 0 unspecified atom stereocenters. The molecule has 0 aliphatic heterocycles. The van der Waals surface area contributed by atoms with Gasteiger partial charge in [-0.1, -0.05) is 43.0 Å². The molecule has 1 N–H and O–H groups in total. The second-order valence-corrected chi connectivity index (χ2v) is 5.60. The van der Waals surface area contributed by atoms with Crippen molar-refractivity contribution in [1.82, 2.24) is 5.32 Å². The minimum Gasteiger partial charge on any atom is -0.355 e. The Morgan fingerprint density at radius 3 is 2.52 bits per heavy atom. The summed E-state index contributed by atoms with van der Waals surface area (Å²) in [6, 6.07) is 4.82. The molecule has 2 amide bonds. The largest absolute Gasteiger partial charge is 0.355 e. The van der Waals surface area contributed by atoms with E-state index in [0.717, 1.165) is 19.3 Å². The summed E-state index contributed by atoms with van der Waals surface area (Å²) >= 11 is 11.9. The van der Waals surface area contributed by atoms with E-state index in [1.807, 2.05) is 0 Å². The molecule has 1 rings (SSSR count). The second-order valence-electron chi connectivity index (χ2n) is 4.76. The Morgan fingerprint density at radius 1 is 1.24 bits per heavy atom. The van der Waals surface area contributed by atoms with E-state index in [4.69, 9.17) is 23.2 Å². The average molecular weight is 331 g/mol. The van der Waals surface area contributed by atoms with Crippen LogP contribution in [-0.2, 0) is 9.59 Å². The molecule has 0 fully saturated rings. The van der Waals surface area contributed by atoms with Crippen molar-refractivity contribution in [3.63, 3.8) is 0 Å². The highest BCUT2D eigenvalue weighted by Gasteiger charge is 2.18. The summed E-state index contributed by atoms with van der Waals surface area (Å²) in [7, 11) is 0. The molecule has 0 spiro atoms. The van der Waals surface area contributed by atoms with E-state index in [1.54, 1.807) is 18.2 Å². The van der Waals surface area contributed by atoms with Crippen molar-refractivity contribution in [1.29, 1.82) is 0 Å². The Kier molecular flexibility index (Phi) is 7.54. The van der Waals surface area contributed by atoms with Gasteiger partial charge in [0, 0.05) is 18.5 Å². The molecule has 0 saturated carbocycles. The summed E-state index contributed by atoms with van der Waals surface area (Å²) in [6.07, 6.45) is 3.10. The van der Waals surface area contributed by atoms with E-state index < -0.39 is 0 Å². The molecular weight excluding hydrogens is 311 g/mol. The fourth-order valence-electron chi connectivity index (χ4n) is 1.87. The summed E-state index contributed by atoms with van der Waals surface area (Å²) in [5.74, 6) is -0.449. The third-order valence-electron chi connectivity index (χ3n) is 2.98. The highest BCUT2D eigenvalue weighted by molar-refractivity contribution is 6.36. The molecular formula is C15H20Cl2N2O2. The van der Waals surface area contributed by atoms with E-state index in [-0.39, 0.29) is 18.4 Å². The molecule has 0 aliphatic rings. The molecule has 0 atom stereocenters. The maximum absolute atomic E-state index is 11.9. The lowest BCUT2D eigenvalue weighted by atomic mass is 10.2. The fourth-order valence-corrected chi connectivity index (χ4v) is 2.38. The molecule has 0 aliphatic carbocycles. The maximum Gasteiger partial charge on any atom is 0.240 e. The van der Waals surface area contributed by atoms with Crippen LogP contribution in [0.1, 0.15) is 33.1 Å². The zero-order valence-corrected chi connectivity index (χ0v) is 13.8. The van der Waals surface area contributed by atoms with Crippen molar-refractivity contribution in [2.75, 3.05) is 18.0 Å². The molecule has 0 radical (unpaired) electrons. The third kappa shape index (κ3) is 5.94. The summed E-state index contributed by atoms with van der Waals surface area (Å²) in [5.41, 5.74) is 0.484. The second kappa shape index (κ2) is 8.90. The Labute approximate surface area is 135 Å². The Hall–Kier alpha value is -1.26. The van der Waals surface area contributed by atoms with Crippen LogP contribution in [0.2, 0.25) is 10.0 Å². The number of hydrogen-bond acceptors (Lipinski definition) is 2. The topological polar surface area (TPSA) is 49.4 Å². The van der Waals surface area contributed by atoms with Gasteiger partial charge in [0.2, 0.25) is 11.8 Å². The van der Waals surface area contributed by atoms with E-state index in [1.165, 1.54) is 11.8 Å². The SMILES string of the molecule is CCCCCNC(=O)CN(C(C)=O)c1ccc(Cl)cc1Cl. The van der Waals surface area contributed by atoms with Gasteiger partial charge in [-0.05, 0) is 24.6 Å². The fraction of sp³-hybridized carbons (Fsp3) is 0.467. The van der Waals surface area contributed by atoms with Crippen LogP contribution < -0.4 is 10.2 Å². The number of benzene rings is 1. The first-order valence-electron chi connectivity index (χ1n) is 6.95. The monoisotopic (exact) mass is 330 g/mol. The van der Waals surface area contributed by atoms with Crippen LogP contribution in [0.4, 0.5) is 5.69 Å². The number of amides is 2. The number of halogens is 2. The molecule has 4 nitrogen and oxygen atoms in total. The van der Waals surface area contributed by atoms with Crippen molar-refractivity contribution in [3.8, 4) is 0 Å². The number of carbonyl (C=O) groups excluding carboxylic acids is 2. The van der Waals surface area contributed by atoms with Gasteiger partial charge in [0.1, 0.15) is 6.54 Å². The molecule has 0 heterocycles. The quantitative estimate of drug-likeness (QED) is 0.775. The average Bonchev–Trinajstić information content (AvgIpc) is 2.41. The Balaban J connectivity index is 2.70. The Morgan fingerprint density at radius 2 is 1.95 bits per heavy atom. The first-order chi connectivity index (χ1) is 9.95. The number of carbonyl (C=O) groups is 2. The predicted molar refractivity (Wildman–Crippen MR) is 87.0 cm³/mol. The maximum atomic E-state index is 11.9. The van der Waals surface area contributed by atoms with E-state index in [9.17, 15) is 9.59 Å². The lowest BCUT2D eigenvalue weighted by Crippen LogP contribution is -2.40. The van der Waals surface area contributed by atoms with Crippen molar-refractivity contribution in [2.45, 2.75) is 33.1 Å². The van der Waals surface area contributed by atoms with Gasteiger partial charge in [-0.25, -0.2) is 0 Å². The Bertz CT molecular complexity index is 506. The van der Waals surface area contributed by atoms with Gasteiger partial charge in [0.25, 0.3) is 0 Å². The van der Waals surface area contributed by atoms with Crippen LogP contribution in [0, 0.1) is 0 Å². The van der Waals surface area contributed by atoms with Gasteiger partial charge in [0.05, 0.1) is 10.7 Å². The minimum atomic E-state index is -0.247.